The number of aromatic nitrogens is 2. The summed E-state index contributed by atoms with van der Waals surface area (Å²) < 4.78 is 11.2. The van der Waals surface area contributed by atoms with Gasteiger partial charge in [-0.05, 0) is 19.1 Å². The van der Waals surface area contributed by atoms with Gasteiger partial charge < -0.3 is 14.8 Å². The molecule has 0 spiro atoms. The highest BCUT2D eigenvalue weighted by Gasteiger charge is 2.17. The molecule has 0 unspecified atom stereocenters. The van der Waals surface area contributed by atoms with E-state index in [1.165, 1.54) is 17.9 Å². The Hall–Kier alpha value is -2.67. The van der Waals surface area contributed by atoms with E-state index in [4.69, 9.17) is 9.47 Å². The van der Waals surface area contributed by atoms with Crippen molar-refractivity contribution < 1.29 is 14.3 Å². The third-order valence-electron chi connectivity index (χ3n) is 3.20. The maximum atomic E-state index is 12.2. The number of amides is 1. The van der Waals surface area contributed by atoms with E-state index in [1.807, 2.05) is 19.1 Å². The molecule has 2 aromatic rings. The summed E-state index contributed by atoms with van der Waals surface area (Å²) in [6, 6.07) is 8.52. The molecule has 1 N–H and O–H groups in total. The van der Waals surface area contributed by atoms with Crippen LogP contribution in [-0.2, 0) is 4.74 Å². The first kappa shape index (κ1) is 16.7. The minimum Gasteiger partial charge on any atom is -0.494 e. The summed E-state index contributed by atoms with van der Waals surface area (Å²) in [5, 5.41) is 6.81. The zero-order valence-electron chi connectivity index (χ0n) is 13.3. The molecule has 122 valence electrons. The standard InChI is InChI=1S/C16H19N3O4/c1-11-4-6-12(7-5-11)19-14(20)10-13(23-3)15(18-19)16(21)17-8-9-22-2/h4-7,10H,8-9H2,1-3H3,(H,17,21). The molecule has 0 aliphatic heterocycles. The van der Waals surface area contributed by atoms with E-state index in [2.05, 4.69) is 10.4 Å². The Bertz CT molecular complexity index is 738. The Balaban J connectivity index is 2.41. The molecule has 1 heterocycles. The monoisotopic (exact) mass is 317 g/mol. The fourth-order valence-corrected chi connectivity index (χ4v) is 1.97. The van der Waals surface area contributed by atoms with E-state index in [9.17, 15) is 9.59 Å². The molecule has 0 saturated carbocycles. The fourth-order valence-electron chi connectivity index (χ4n) is 1.97. The Labute approximate surface area is 133 Å². The molecule has 0 aliphatic rings. The average Bonchev–Trinajstić information content (AvgIpc) is 2.55. The van der Waals surface area contributed by atoms with Gasteiger partial charge in [-0.3, -0.25) is 9.59 Å². The van der Waals surface area contributed by atoms with Gasteiger partial charge >= 0.3 is 0 Å². The van der Waals surface area contributed by atoms with Gasteiger partial charge in [-0.2, -0.15) is 9.78 Å². The Morgan fingerprint density at radius 3 is 2.57 bits per heavy atom. The summed E-state index contributed by atoms with van der Waals surface area (Å²) in [6.07, 6.45) is 0. The van der Waals surface area contributed by atoms with Gasteiger partial charge in [0, 0.05) is 13.7 Å². The molecule has 2 rings (SSSR count). The van der Waals surface area contributed by atoms with E-state index < -0.39 is 5.91 Å². The van der Waals surface area contributed by atoms with E-state index in [0.717, 1.165) is 5.56 Å². The molecule has 0 bridgehead atoms. The number of carbonyl (C=O) groups excluding carboxylic acids is 1. The van der Waals surface area contributed by atoms with E-state index in [-0.39, 0.29) is 17.0 Å². The number of nitrogens with zero attached hydrogens (tertiary/aromatic N) is 2. The summed E-state index contributed by atoms with van der Waals surface area (Å²) >= 11 is 0. The zero-order valence-corrected chi connectivity index (χ0v) is 13.3. The van der Waals surface area contributed by atoms with Gasteiger partial charge in [0.25, 0.3) is 11.5 Å². The van der Waals surface area contributed by atoms with E-state index in [0.29, 0.717) is 18.8 Å². The Morgan fingerprint density at radius 2 is 1.96 bits per heavy atom. The Kier molecular flexibility index (Phi) is 5.48. The van der Waals surface area contributed by atoms with Crippen molar-refractivity contribution in [2.45, 2.75) is 6.92 Å². The van der Waals surface area contributed by atoms with Crippen LogP contribution in [0, 0.1) is 6.92 Å². The zero-order chi connectivity index (χ0) is 16.8. The largest absolute Gasteiger partial charge is 0.494 e. The predicted molar refractivity (Wildman–Crippen MR) is 85.3 cm³/mol. The summed E-state index contributed by atoms with van der Waals surface area (Å²) in [7, 11) is 2.93. The quantitative estimate of drug-likeness (QED) is 0.801. The second-order valence-corrected chi connectivity index (χ2v) is 4.90. The van der Waals surface area contributed by atoms with Gasteiger partial charge in [-0.15, -0.1) is 0 Å². The van der Waals surface area contributed by atoms with Crippen molar-refractivity contribution in [2.24, 2.45) is 0 Å². The molecule has 0 radical (unpaired) electrons. The lowest BCUT2D eigenvalue weighted by Crippen LogP contribution is -2.31. The summed E-state index contributed by atoms with van der Waals surface area (Å²) in [6.45, 7) is 2.66. The van der Waals surface area contributed by atoms with Crippen molar-refractivity contribution in [1.29, 1.82) is 0 Å². The van der Waals surface area contributed by atoms with E-state index >= 15 is 0 Å². The minimum absolute atomic E-state index is 0.0452. The number of aryl methyl sites for hydroxylation is 1. The molecule has 0 aliphatic carbocycles. The molecule has 0 atom stereocenters. The van der Waals surface area contributed by atoms with Crippen LogP contribution in [0.1, 0.15) is 16.1 Å². The lowest BCUT2D eigenvalue weighted by atomic mass is 10.2. The van der Waals surface area contributed by atoms with Gasteiger partial charge in [0.2, 0.25) is 0 Å². The number of benzene rings is 1. The van der Waals surface area contributed by atoms with Crippen molar-refractivity contribution in [1.82, 2.24) is 15.1 Å². The molecular formula is C16H19N3O4. The van der Waals surface area contributed by atoms with Crippen molar-refractivity contribution in [3.63, 3.8) is 0 Å². The first-order valence-electron chi connectivity index (χ1n) is 7.09. The van der Waals surface area contributed by atoms with Gasteiger partial charge in [-0.25, -0.2) is 0 Å². The number of methoxy groups -OCH3 is 2. The number of carbonyl (C=O) groups is 1. The number of rotatable bonds is 6. The highest BCUT2D eigenvalue weighted by atomic mass is 16.5. The van der Waals surface area contributed by atoms with Crippen LogP contribution in [0.15, 0.2) is 35.1 Å². The SMILES string of the molecule is COCCNC(=O)c1nn(-c2ccc(C)cc2)c(=O)cc1OC. The Morgan fingerprint density at radius 1 is 1.26 bits per heavy atom. The van der Waals surface area contributed by atoms with Crippen LogP contribution in [0.5, 0.6) is 5.75 Å². The molecule has 23 heavy (non-hydrogen) atoms. The molecule has 1 aromatic heterocycles. The third kappa shape index (κ3) is 3.95. The number of hydrogen-bond donors (Lipinski definition) is 1. The van der Waals surface area contributed by atoms with Crippen LogP contribution in [-0.4, -0.2) is 43.1 Å². The topological polar surface area (TPSA) is 82.5 Å². The predicted octanol–water partition coefficient (Wildman–Crippen LogP) is 0.926. The third-order valence-corrected chi connectivity index (χ3v) is 3.20. The van der Waals surface area contributed by atoms with Crippen LogP contribution in [0.25, 0.3) is 5.69 Å². The summed E-state index contributed by atoms with van der Waals surface area (Å²) in [4.78, 5) is 24.4. The van der Waals surface area contributed by atoms with Gasteiger partial charge in [0.05, 0.1) is 25.5 Å². The highest BCUT2D eigenvalue weighted by Crippen LogP contribution is 2.14. The normalized spacial score (nSPS) is 10.4. The van der Waals surface area contributed by atoms with Crippen LogP contribution in [0.2, 0.25) is 0 Å². The smallest absolute Gasteiger partial charge is 0.275 e. The summed E-state index contributed by atoms with van der Waals surface area (Å²) in [5.41, 5.74) is 1.31. The molecule has 7 nitrogen and oxygen atoms in total. The van der Waals surface area contributed by atoms with Crippen LogP contribution < -0.4 is 15.6 Å². The van der Waals surface area contributed by atoms with Gasteiger partial charge in [0.15, 0.2) is 11.4 Å². The second-order valence-electron chi connectivity index (χ2n) is 4.90. The highest BCUT2D eigenvalue weighted by molar-refractivity contribution is 5.94. The van der Waals surface area contributed by atoms with Crippen molar-refractivity contribution in [3.8, 4) is 11.4 Å². The van der Waals surface area contributed by atoms with Crippen LogP contribution in [0.4, 0.5) is 0 Å². The molecule has 0 saturated heterocycles. The van der Waals surface area contributed by atoms with Crippen molar-refractivity contribution in [2.75, 3.05) is 27.4 Å². The van der Waals surface area contributed by atoms with Crippen LogP contribution >= 0.6 is 0 Å². The van der Waals surface area contributed by atoms with Crippen molar-refractivity contribution >= 4 is 5.91 Å². The molecule has 0 fully saturated rings. The molecule has 1 aromatic carbocycles. The maximum Gasteiger partial charge on any atom is 0.275 e. The second kappa shape index (κ2) is 7.55. The lowest BCUT2D eigenvalue weighted by molar-refractivity contribution is 0.0926. The molecule has 1 amide bonds. The maximum absolute atomic E-state index is 12.2. The fraction of sp³-hybridized carbons (Fsp3) is 0.312. The van der Waals surface area contributed by atoms with Gasteiger partial charge in [0.1, 0.15) is 0 Å². The van der Waals surface area contributed by atoms with E-state index in [1.54, 1.807) is 19.2 Å². The van der Waals surface area contributed by atoms with Gasteiger partial charge in [-0.1, -0.05) is 17.7 Å². The molecule has 7 heteroatoms. The van der Waals surface area contributed by atoms with Crippen LogP contribution in [0.3, 0.4) is 0 Å². The number of ether oxygens (including phenoxy) is 2. The average molecular weight is 317 g/mol. The lowest BCUT2D eigenvalue weighted by Gasteiger charge is -2.11. The molecular weight excluding hydrogens is 298 g/mol. The number of hydrogen-bond acceptors (Lipinski definition) is 5. The minimum atomic E-state index is -0.431. The first-order valence-corrected chi connectivity index (χ1v) is 7.09. The number of nitrogens with one attached hydrogen (secondary N) is 1. The van der Waals surface area contributed by atoms with Crippen molar-refractivity contribution in [3.05, 3.63) is 51.9 Å². The first-order chi connectivity index (χ1) is 11.1. The summed E-state index contributed by atoms with van der Waals surface area (Å²) in [5.74, 6) is -0.298.